The molecule has 0 saturated carbocycles. The number of carbonyl (C=O) groups excluding carboxylic acids is 3. The van der Waals surface area contributed by atoms with Gasteiger partial charge >= 0.3 is 12.0 Å². The van der Waals surface area contributed by atoms with Crippen LogP contribution in [0.4, 0.5) is 4.79 Å². The molecule has 1 aromatic carbocycles. The first kappa shape index (κ1) is 20.1. The molecule has 1 aromatic rings. The largest absolute Gasteiger partial charge is 0.452 e. The number of ether oxygens (including phenoxy) is 1. The second-order valence-corrected chi connectivity index (χ2v) is 7.57. The molecule has 0 spiro atoms. The molecule has 1 saturated heterocycles. The Kier molecular flexibility index (Phi) is 6.57. The number of benzene rings is 1. The molecule has 0 unspecified atom stereocenters. The van der Waals surface area contributed by atoms with Crippen molar-refractivity contribution in [2.24, 2.45) is 0 Å². The molecule has 1 aliphatic heterocycles. The summed E-state index contributed by atoms with van der Waals surface area (Å²) in [5, 5.41) is 2.53. The number of esters is 1. The molecule has 3 amide bonds. The van der Waals surface area contributed by atoms with Crippen molar-refractivity contribution in [3.63, 3.8) is 0 Å². The lowest BCUT2D eigenvalue weighted by molar-refractivity contribution is -0.157. The van der Waals surface area contributed by atoms with E-state index in [2.05, 4.69) is 10.0 Å². The number of sulfonamides is 1. The third-order valence-corrected chi connectivity index (χ3v) is 5.49. The lowest BCUT2D eigenvalue weighted by Crippen LogP contribution is -2.42. The summed E-state index contributed by atoms with van der Waals surface area (Å²) in [5.74, 6) is -1.41. The maximum absolute atomic E-state index is 12.1. The Morgan fingerprint density at radius 3 is 2.69 bits per heavy atom. The lowest BCUT2D eigenvalue weighted by Gasteiger charge is -2.18. The van der Waals surface area contributed by atoms with Crippen LogP contribution in [0, 0.1) is 0 Å². The van der Waals surface area contributed by atoms with Crippen LogP contribution in [-0.4, -0.2) is 57.0 Å². The standard InChI is InChI=1S/C15H18ClN3O6S/c1-10(14(21)19-9-8-17-15(19)22)25-13(20)6-7-18-26(23,24)12-5-3-2-4-11(12)16/h2-5,10,18H,6-9H2,1H3,(H,17,22)/t10-/m0/s1. The Morgan fingerprint density at radius 2 is 2.08 bits per heavy atom. The molecular weight excluding hydrogens is 386 g/mol. The maximum atomic E-state index is 12.1. The normalized spacial score (nSPS) is 15.5. The van der Waals surface area contributed by atoms with Crippen LogP contribution in [0.2, 0.25) is 5.02 Å². The number of hydrogen-bond acceptors (Lipinski definition) is 6. The highest BCUT2D eigenvalue weighted by atomic mass is 35.5. The highest BCUT2D eigenvalue weighted by Gasteiger charge is 2.31. The smallest absolute Gasteiger partial charge is 0.324 e. The van der Waals surface area contributed by atoms with Crippen LogP contribution in [0.5, 0.6) is 0 Å². The minimum Gasteiger partial charge on any atom is -0.452 e. The Hall–Kier alpha value is -2.17. The van der Waals surface area contributed by atoms with Gasteiger partial charge in [-0.15, -0.1) is 0 Å². The van der Waals surface area contributed by atoms with Gasteiger partial charge in [0.15, 0.2) is 6.10 Å². The summed E-state index contributed by atoms with van der Waals surface area (Å²) in [7, 11) is -3.87. The van der Waals surface area contributed by atoms with Crippen LogP contribution in [0.15, 0.2) is 29.2 Å². The predicted molar refractivity (Wildman–Crippen MR) is 91.9 cm³/mol. The number of rotatable bonds is 7. The summed E-state index contributed by atoms with van der Waals surface area (Å²) in [6.45, 7) is 1.67. The van der Waals surface area contributed by atoms with E-state index in [1.807, 2.05) is 0 Å². The van der Waals surface area contributed by atoms with Crippen molar-refractivity contribution in [3.8, 4) is 0 Å². The van der Waals surface area contributed by atoms with E-state index in [0.29, 0.717) is 6.54 Å². The minimum atomic E-state index is -3.87. The van der Waals surface area contributed by atoms with Crippen molar-refractivity contribution in [3.05, 3.63) is 29.3 Å². The zero-order valence-corrected chi connectivity index (χ0v) is 15.5. The number of nitrogens with one attached hydrogen (secondary N) is 2. The monoisotopic (exact) mass is 403 g/mol. The van der Waals surface area contributed by atoms with Crippen LogP contribution in [0.25, 0.3) is 0 Å². The van der Waals surface area contributed by atoms with Crippen LogP contribution < -0.4 is 10.0 Å². The Labute approximate surface area is 155 Å². The third-order valence-electron chi connectivity index (χ3n) is 3.53. The van der Waals surface area contributed by atoms with E-state index < -0.39 is 34.0 Å². The molecule has 26 heavy (non-hydrogen) atoms. The Balaban J connectivity index is 1.82. The minimum absolute atomic E-state index is 0.0608. The highest BCUT2D eigenvalue weighted by molar-refractivity contribution is 7.89. The van der Waals surface area contributed by atoms with Crippen molar-refractivity contribution in [2.75, 3.05) is 19.6 Å². The predicted octanol–water partition coefficient (Wildman–Crippen LogP) is 0.492. The summed E-state index contributed by atoms with van der Waals surface area (Å²) >= 11 is 5.84. The number of amides is 3. The fourth-order valence-electron chi connectivity index (χ4n) is 2.24. The van der Waals surface area contributed by atoms with E-state index in [0.717, 1.165) is 4.90 Å². The van der Waals surface area contributed by atoms with Gasteiger partial charge in [0.2, 0.25) is 10.0 Å². The number of carbonyl (C=O) groups is 3. The van der Waals surface area contributed by atoms with E-state index in [-0.39, 0.29) is 29.4 Å². The van der Waals surface area contributed by atoms with E-state index in [9.17, 15) is 22.8 Å². The topological polar surface area (TPSA) is 122 Å². The van der Waals surface area contributed by atoms with E-state index in [1.165, 1.54) is 25.1 Å². The van der Waals surface area contributed by atoms with E-state index in [1.54, 1.807) is 6.07 Å². The van der Waals surface area contributed by atoms with Crippen molar-refractivity contribution >= 4 is 39.5 Å². The number of urea groups is 1. The summed E-state index contributed by atoms with van der Waals surface area (Å²) in [6.07, 6.45) is -1.43. The molecule has 1 aliphatic rings. The second kappa shape index (κ2) is 8.47. The second-order valence-electron chi connectivity index (χ2n) is 5.43. The van der Waals surface area contributed by atoms with E-state index in [4.69, 9.17) is 16.3 Å². The summed E-state index contributed by atoms with van der Waals surface area (Å²) in [5.41, 5.74) is 0. The van der Waals surface area contributed by atoms with Gasteiger partial charge in [-0.05, 0) is 19.1 Å². The molecule has 9 nitrogen and oxygen atoms in total. The van der Waals surface area contributed by atoms with Gasteiger partial charge in [0.1, 0.15) is 4.90 Å². The third kappa shape index (κ3) is 4.93. The average molecular weight is 404 g/mol. The van der Waals surface area contributed by atoms with Crippen molar-refractivity contribution < 1.29 is 27.5 Å². The molecule has 0 aliphatic carbocycles. The van der Waals surface area contributed by atoms with Gasteiger partial charge in [-0.2, -0.15) is 0 Å². The SMILES string of the molecule is C[C@H](OC(=O)CCNS(=O)(=O)c1ccccc1Cl)C(=O)N1CCNC1=O. The quantitative estimate of drug-likeness (QED) is 0.639. The van der Waals surface area contributed by atoms with Gasteiger partial charge in [-0.1, -0.05) is 23.7 Å². The molecule has 0 radical (unpaired) electrons. The zero-order valence-electron chi connectivity index (χ0n) is 13.9. The molecule has 142 valence electrons. The van der Waals surface area contributed by atoms with E-state index >= 15 is 0 Å². The van der Waals surface area contributed by atoms with Crippen LogP contribution in [0.1, 0.15) is 13.3 Å². The number of hydrogen-bond donors (Lipinski definition) is 2. The fourth-order valence-corrected chi connectivity index (χ4v) is 3.78. The van der Waals surface area contributed by atoms with Gasteiger partial charge in [0.05, 0.1) is 11.4 Å². The molecule has 1 atom stereocenters. The highest BCUT2D eigenvalue weighted by Crippen LogP contribution is 2.20. The lowest BCUT2D eigenvalue weighted by atomic mass is 10.3. The maximum Gasteiger partial charge on any atom is 0.324 e. The average Bonchev–Trinajstić information content (AvgIpc) is 3.00. The van der Waals surface area contributed by atoms with Crippen molar-refractivity contribution in [2.45, 2.75) is 24.3 Å². The van der Waals surface area contributed by atoms with Crippen LogP contribution in [-0.2, 0) is 24.3 Å². The molecule has 2 rings (SSSR count). The number of imide groups is 1. The van der Waals surface area contributed by atoms with Gasteiger partial charge in [-0.25, -0.2) is 17.9 Å². The summed E-state index contributed by atoms with van der Waals surface area (Å²) in [4.78, 5) is 36.1. The van der Waals surface area contributed by atoms with Crippen LogP contribution in [0.3, 0.4) is 0 Å². The molecular formula is C15H18ClN3O6S. The van der Waals surface area contributed by atoms with Crippen LogP contribution >= 0.6 is 11.6 Å². The van der Waals surface area contributed by atoms with Gasteiger partial charge < -0.3 is 10.1 Å². The molecule has 2 N–H and O–H groups in total. The fraction of sp³-hybridized carbons (Fsp3) is 0.400. The zero-order chi connectivity index (χ0) is 19.3. The molecule has 1 heterocycles. The molecule has 0 bridgehead atoms. The summed E-state index contributed by atoms with van der Waals surface area (Å²) in [6, 6.07) is 5.36. The Morgan fingerprint density at radius 1 is 1.38 bits per heavy atom. The van der Waals surface area contributed by atoms with Gasteiger partial charge in [0, 0.05) is 19.6 Å². The first-order chi connectivity index (χ1) is 12.2. The molecule has 11 heteroatoms. The van der Waals surface area contributed by atoms with Crippen molar-refractivity contribution in [1.82, 2.24) is 14.9 Å². The summed E-state index contributed by atoms with van der Waals surface area (Å²) < 4.78 is 31.4. The Bertz CT molecular complexity index is 813. The van der Waals surface area contributed by atoms with Crippen molar-refractivity contribution in [1.29, 1.82) is 0 Å². The first-order valence-corrected chi connectivity index (χ1v) is 9.61. The number of halogens is 1. The first-order valence-electron chi connectivity index (χ1n) is 7.75. The van der Waals surface area contributed by atoms with Gasteiger partial charge in [-0.3, -0.25) is 14.5 Å². The molecule has 0 aromatic heterocycles. The molecule has 1 fully saturated rings. The van der Waals surface area contributed by atoms with Gasteiger partial charge in [0.25, 0.3) is 5.91 Å². The number of nitrogens with zero attached hydrogens (tertiary/aromatic N) is 1.